The molecule has 2 heteroatoms. The number of carbonyl (C=O) groups is 1. The Bertz CT molecular complexity index is 132. The van der Waals surface area contributed by atoms with E-state index >= 15 is 0 Å². The standard InChI is InChI=1S/C12H24O2/c1-2-3-6-9-12(14)10-7-4-5-8-11-13/h13H,2-11H2,1H3. The summed E-state index contributed by atoms with van der Waals surface area (Å²) in [4.78, 5) is 11.3. The first kappa shape index (κ1) is 13.6. The first-order chi connectivity index (χ1) is 6.81. The van der Waals surface area contributed by atoms with Gasteiger partial charge in [-0.2, -0.15) is 0 Å². The van der Waals surface area contributed by atoms with E-state index in [2.05, 4.69) is 6.92 Å². The molecule has 0 aromatic carbocycles. The van der Waals surface area contributed by atoms with E-state index in [1.807, 2.05) is 0 Å². The molecule has 0 aromatic rings. The van der Waals surface area contributed by atoms with Crippen LogP contribution < -0.4 is 0 Å². The summed E-state index contributed by atoms with van der Waals surface area (Å²) in [6.45, 7) is 2.43. The van der Waals surface area contributed by atoms with Gasteiger partial charge in [0.05, 0.1) is 0 Å². The molecule has 0 aliphatic heterocycles. The Hall–Kier alpha value is -0.370. The molecule has 0 rings (SSSR count). The maximum Gasteiger partial charge on any atom is 0.132 e. The van der Waals surface area contributed by atoms with Crippen molar-refractivity contribution in [1.29, 1.82) is 0 Å². The number of hydrogen-bond acceptors (Lipinski definition) is 2. The van der Waals surface area contributed by atoms with Crippen molar-refractivity contribution < 1.29 is 9.90 Å². The Labute approximate surface area is 87.7 Å². The number of ketones is 1. The third kappa shape index (κ3) is 9.72. The summed E-state index contributed by atoms with van der Waals surface area (Å²) in [5.74, 6) is 0.419. The number of rotatable bonds is 10. The molecule has 0 aromatic heterocycles. The van der Waals surface area contributed by atoms with Gasteiger partial charge >= 0.3 is 0 Å². The van der Waals surface area contributed by atoms with Crippen LogP contribution in [0.4, 0.5) is 0 Å². The highest BCUT2D eigenvalue weighted by Gasteiger charge is 2.00. The lowest BCUT2D eigenvalue weighted by molar-refractivity contribution is -0.119. The van der Waals surface area contributed by atoms with Crippen molar-refractivity contribution in [2.45, 2.75) is 64.7 Å². The van der Waals surface area contributed by atoms with E-state index < -0.39 is 0 Å². The summed E-state index contributed by atoms with van der Waals surface area (Å²) in [6.07, 6.45) is 8.96. The summed E-state index contributed by atoms with van der Waals surface area (Å²) in [5.41, 5.74) is 0. The van der Waals surface area contributed by atoms with Gasteiger partial charge < -0.3 is 5.11 Å². The predicted octanol–water partition coefficient (Wildman–Crippen LogP) is 3.08. The molecule has 0 saturated heterocycles. The van der Waals surface area contributed by atoms with Crippen molar-refractivity contribution in [3.05, 3.63) is 0 Å². The van der Waals surface area contributed by atoms with E-state index in [1.165, 1.54) is 12.8 Å². The fourth-order valence-electron chi connectivity index (χ4n) is 1.48. The molecule has 84 valence electrons. The molecule has 1 N–H and O–H groups in total. The van der Waals surface area contributed by atoms with E-state index in [4.69, 9.17) is 5.11 Å². The fourth-order valence-corrected chi connectivity index (χ4v) is 1.48. The van der Waals surface area contributed by atoms with Gasteiger partial charge in [0, 0.05) is 19.4 Å². The van der Waals surface area contributed by atoms with Crippen LogP contribution in [-0.4, -0.2) is 17.5 Å². The molecule has 0 atom stereocenters. The van der Waals surface area contributed by atoms with Gasteiger partial charge in [0.2, 0.25) is 0 Å². The Kier molecular flexibility index (Phi) is 10.4. The maximum absolute atomic E-state index is 11.3. The van der Waals surface area contributed by atoms with Gasteiger partial charge in [0.25, 0.3) is 0 Å². The normalized spacial score (nSPS) is 10.4. The van der Waals surface area contributed by atoms with E-state index in [1.54, 1.807) is 0 Å². The monoisotopic (exact) mass is 200 g/mol. The van der Waals surface area contributed by atoms with Gasteiger partial charge in [-0.25, -0.2) is 0 Å². The minimum absolute atomic E-state index is 0.282. The van der Waals surface area contributed by atoms with Crippen LogP contribution in [0.3, 0.4) is 0 Å². The molecule has 0 heterocycles. The molecule has 0 saturated carbocycles. The lowest BCUT2D eigenvalue weighted by Gasteiger charge is -2.00. The highest BCUT2D eigenvalue weighted by atomic mass is 16.2. The molecule has 0 amide bonds. The summed E-state index contributed by atoms with van der Waals surface area (Å²) in [7, 11) is 0. The second-order valence-corrected chi connectivity index (χ2v) is 3.88. The van der Waals surface area contributed by atoms with Crippen molar-refractivity contribution in [3.8, 4) is 0 Å². The smallest absolute Gasteiger partial charge is 0.132 e. The molecule has 14 heavy (non-hydrogen) atoms. The fraction of sp³-hybridized carbons (Fsp3) is 0.917. The summed E-state index contributed by atoms with van der Waals surface area (Å²) in [5, 5.41) is 8.55. The summed E-state index contributed by atoms with van der Waals surface area (Å²) < 4.78 is 0. The van der Waals surface area contributed by atoms with Crippen molar-refractivity contribution >= 4 is 5.78 Å². The molecule has 2 nitrogen and oxygen atoms in total. The SMILES string of the molecule is CCCCCC(=O)CCCCCCO. The zero-order chi connectivity index (χ0) is 10.6. The number of carbonyl (C=O) groups excluding carboxylic acids is 1. The third-order valence-electron chi connectivity index (χ3n) is 2.42. The Morgan fingerprint density at radius 2 is 1.50 bits per heavy atom. The number of aliphatic hydroxyl groups is 1. The van der Waals surface area contributed by atoms with Crippen molar-refractivity contribution in [2.75, 3.05) is 6.61 Å². The second-order valence-electron chi connectivity index (χ2n) is 3.88. The van der Waals surface area contributed by atoms with Crippen LogP contribution in [0.2, 0.25) is 0 Å². The van der Waals surface area contributed by atoms with Crippen LogP contribution in [0, 0.1) is 0 Å². The average Bonchev–Trinajstić information content (AvgIpc) is 2.18. The van der Waals surface area contributed by atoms with E-state index in [0.29, 0.717) is 5.78 Å². The third-order valence-corrected chi connectivity index (χ3v) is 2.42. The van der Waals surface area contributed by atoms with Crippen LogP contribution in [0.25, 0.3) is 0 Å². The lowest BCUT2D eigenvalue weighted by Crippen LogP contribution is -1.97. The van der Waals surface area contributed by atoms with E-state index in [0.717, 1.165) is 44.9 Å². The highest BCUT2D eigenvalue weighted by molar-refractivity contribution is 5.78. The van der Waals surface area contributed by atoms with Gasteiger partial charge in [-0.3, -0.25) is 4.79 Å². The molecule has 0 bridgehead atoms. The number of Topliss-reactive ketones (excluding diaryl/α,β-unsaturated/α-hetero) is 1. The Balaban J connectivity index is 3.10. The van der Waals surface area contributed by atoms with Crippen LogP contribution in [0.1, 0.15) is 64.7 Å². The molecule has 0 aliphatic carbocycles. The molecule has 0 spiro atoms. The predicted molar refractivity (Wildman–Crippen MR) is 59.3 cm³/mol. The topological polar surface area (TPSA) is 37.3 Å². The van der Waals surface area contributed by atoms with Gasteiger partial charge in [-0.05, 0) is 19.3 Å². The minimum Gasteiger partial charge on any atom is -0.396 e. The zero-order valence-corrected chi connectivity index (χ0v) is 9.43. The number of unbranched alkanes of at least 4 members (excludes halogenated alkanes) is 5. The second kappa shape index (κ2) is 10.7. The van der Waals surface area contributed by atoms with Crippen molar-refractivity contribution in [2.24, 2.45) is 0 Å². The van der Waals surface area contributed by atoms with Gasteiger partial charge in [0.15, 0.2) is 0 Å². The number of hydrogen-bond donors (Lipinski definition) is 1. The van der Waals surface area contributed by atoms with E-state index in [9.17, 15) is 4.79 Å². The minimum atomic E-state index is 0.282. The van der Waals surface area contributed by atoms with Gasteiger partial charge in [-0.15, -0.1) is 0 Å². The average molecular weight is 200 g/mol. The highest BCUT2D eigenvalue weighted by Crippen LogP contribution is 2.07. The molecular formula is C12H24O2. The summed E-state index contributed by atoms with van der Waals surface area (Å²) >= 11 is 0. The first-order valence-electron chi connectivity index (χ1n) is 5.93. The molecule has 0 radical (unpaired) electrons. The molecule has 0 aliphatic rings. The maximum atomic E-state index is 11.3. The molecular weight excluding hydrogens is 176 g/mol. The zero-order valence-electron chi connectivity index (χ0n) is 9.43. The lowest BCUT2D eigenvalue weighted by atomic mass is 10.1. The van der Waals surface area contributed by atoms with Crippen LogP contribution in [-0.2, 0) is 4.79 Å². The van der Waals surface area contributed by atoms with Crippen LogP contribution in [0.5, 0.6) is 0 Å². The van der Waals surface area contributed by atoms with Crippen molar-refractivity contribution in [3.63, 3.8) is 0 Å². The quantitative estimate of drug-likeness (QED) is 0.550. The largest absolute Gasteiger partial charge is 0.396 e. The molecule has 0 unspecified atom stereocenters. The van der Waals surface area contributed by atoms with Crippen LogP contribution in [0.15, 0.2) is 0 Å². The summed E-state index contributed by atoms with van der Waals surface area (Å²) in [6, 6.07) is 0. The Morgan fingerprint density at radius 1 is 0.929 bits per heavy atom. The van der Waals surface area contributed by atoms with Gasteiger partial charge in [0.1, 0.15) is 5.78 Å². The number of aliphatic hydroxyl groups excluding tert-OH is 1. The van der Waals surface area contributed by atoms with Crippen LogP contribution >= 0.6 is 0 Å². The Morgan fingerprint density at radius 3 is 2.07 bits per heavy atom. The van der Waals surface area contributed by atoms with Crippen molar-refractivity contribution in [1.82, 2.24) is 0 Å². The van der Waals surface area contributed by atoms with E-state index in [-0.39, 0.29) is 6.61 Å². The first-order valence-corrected chi connectivity index (χ1v) is 5.93. The van der Waals surface area contributed by atoms with Gasteiger partial charge in [-0.1, -0.05) is 32.6 Å². The molecule has 0 fully saturated rings.